The van der Waals surface area contributed by atoms with Crippen molar-refractivity contribution in [2.75, 3.05) is 16.3 Å². The molecule has 0 bridgehead atoms. The number of halogens is 1. The lowest BCUT2D eigenvalue weighted by Crippen LogP contribution is -2.12. The molecule has 138 valence electrons. The van der Waals surface area contributed by atoms with Crippen LogP contribution in [0.1, 0.15) is 5.56 Å². The van der Waals surface area contributed by atoms with Crippen LogP contribution in [0.25, 0.3) is 16.8 Å². The standard InChI is InChI=1S/C20H17FN2O3S/c1-27(25,26)23-19-13-16(10-11-18(19)21)22-20(24)12-9-15-7-4-6-14-5-2-3-8-17(14)15/h2-13,23H,1H3,(H,22,24)/b12-9+. The van der Waals surface area contributed by atoms with E-state index < -0.39 is 21.7 Å². The Morgan fingerprint density at radius 1 is 1.04 bits per heavy atom. The summed E-state index contributed by atoms with van der Waals surface area (Å²) < 4.78 is 38.3. The summed E-state index contributed by atoms with van der Waals surface area (Å²) >= 11 is 0. The molecule has 7 heteroatoms. The maximum atomic E-state index is 13.7. The van der Waals surface area contributed by atoms with Crippen LogP contribution in [-0.2, 0) is 14.8 Å². The Hall–Kier alpha value is -3.19. The van der Waals surface area contributed by atoms with Crippen molar-refractivity contribution in [1.82, 2.24) is 0 Å². The number of hydrogen-bond donors (Lipinski definition) is 2. The van der Waals surface area contributed by atoms with Crippen LogP contribution in [0.5, 0.6) is 0 Å². The molecule has 0 aromatic heterocycles. The fourth-order valence-electron chi connectivity index (χ4n) is 2.63. The minimum atomic E-state index is -3.63. The van der Waals surface area contributed by atoms with Crippen molar-refractivity contribution in [3.8, 4) is 0 Å². The minimum absolute atomic E-state index is 0.228. The number of carbonyl (C=O) groups is 1. The van der Waals surface area contributed by atoms with E-state index in [-0.39, 0.29) is 11.4 Å². The molecule has 5 nitrogen and oxygen atoms in total. The highest BCUT2D eigenvalue weighted by Gasteiger charge is 2.09. The van der Waals surface area contributed by atoms with Gasteiger partial charge in [0, 0.05) is 11.8 Å². The third-order valence-electron chi connectivity index (χ3n) is 3.77. The van der Waals surface area contributed by atoms with E-state index in [0.29, 0.717) is 0 Å². The second-order valence-corrected chi connectivity index (χ2v) is 7.71. The predicted octanol–water partition coefficient (Wildman–Crippen LogP) is 4.00. The van der Waals surface area contributed by atoms with Crippen LogP contribution in [0, 0.1) is 5.82 Å². The number of hydrogen-bond acceptors (Lipinski definition) is 3. The zero-order chi connectivity index (χ0) is 19.4. The highest BCUT2D eigenvalue weighted by molar-refractivity contribution is 7.92. The molecule has 0 spiro atoms. The third-order valence-corrected chi connectivity index (χ3v) is 4.36. The van der Waals surface area contributed by atoms with Crippen molar-refractivity contribution in [3.63, 3.8) is 0 Å². The predicted molar refractivity (Wildman–Crippen MR) is 106 cm³/mol. The lowest BCUT2D eigenvalue weighted by molar-refractivity contribution is -0.111. The molecule has 3 rings (SSSR count). The van der Waals surface area contributed by atoms with E-state index in [2.05, 4.69) is 10.0 Å². The zero-order valence-corrected chi connectivity index (χ0v) is 15.3. The van der Waals surface area contributed by atoms with Crippen LogP contribution < -0.4 is 10.0 Å². The Bertz CT molecular complexity index is 1140. The van der Waals surface area contributed by atoms with E-state index >= 15 is 0 Å². The molecule has 0 aliphatic carbocycles. The van der Waals surface area contributed by atoms with Gasteiger partial charge in [-0.2, -0.15) is 0 Å². The Kier molecular flexibility index (Phi) is 5.23. The quantitative estimate of drug-likeness (QED) is 0.653. The summed E-state index contributed by atoms with van der Waals surface area (Å²) in [6.07, 6.45) is 3.98. The van der Waals surface area contributed by atoms with Crippen molar-refractivity contribution in [3.05, 3.63) is 78.1 Å². The lowest BCUT2D eigenvalue weighted by atomic mass is 10.0. The summed E-state index contributed by atoms with van der Waals surface area (Å²) in [4.78, 5) is 12.2. The maximum absolute atomic E-state index is 13.7. The first-order chi connectivity index (χ1) is 12.8. The van der Waals surface area contributed by atoms with E-state index in [1.807, 2.05) is 42.5 Å². The van der Waals surface area contributed by atoms with Crippen LogP contribution >= 0.6 is 0 Å². The van der Waals surface area contributed by atoms with Gasteiger partial charge in [0.15, 0.2) is 0 Å². The van der Waals surface area contributed by atoms with E-state index in [1.165, 1.54) is 18.2 Å². The van der Waals surface area contributed by atoms with Crippen molar-refractivity contribution >= 4 is 44.2 Å². The summed E-state index contributed by atoms with van der Waals surface area (Å²) in [5.74, 6) is -1.15. The molecule has 0 atom stereocenters. The molecule has 3 aromatic rings. The summed E-state index contributed by atoms with van der Waals surface area (Å²) in [6.45, 7) is 0. The number of carbonyl (C=O) groups excluding carboxylic acids is 1. The molecule has 0 radical (unpaired) electrons. The Morgan fingerprint density at radius 2 is 1.78 bits per heavy atom. The van der Waals surface area contributed by atoms with Crippen LogP contribution in [0.2, 0.25) is 0 Å². The fraction of sp³-hybridized carbons (Fsp3) is 0.0500. The van der Waals surface area contributed by atoms with E-state index in [9.17, 15) is 17.6 Å². The van der Waals surface area contributed by atoms with Crippen molar-refractivity contribution < 1.29 is 17.6 Å². The SMILES string of the molecule is CS(=O)(=O)Nc1cc(NC(=O)/C=C/c2cccc3ccccc23)ccc1F. The van der Waals surface area contributed by atoms with Crippen LogP contribution in [0.4, 0.5) is 15.8 Å². The van der Waals surface area contributed by atoms with E-state index in [0.717, 1.165) is 28.7 Å². The number of sulfonamides is 1. The average Bonchev–Trinajstić information content (AvgIpc) is 2.61. The van der Waals surface area contributed by atoms with Crippen molar-refractivity contribution in [2.24, 2.45) is 0 Å². The van der Waals surface area contributed by atoms with Gasteiger partial charge in [-0.25, -0.2) is 12.8 Å². The topological polar surface area (TPSA) is 75.3 Å². The largest absolute Gasteiger partial charge is 0.322 e. The normalized spacial score (nSPS) is 11.6. The Labute approximate surface area is 156 Å². The number of rotatable bonds is 5. The first-order valence-electron chi connectivity index (χ1n) is 8.06. The number of nitrogens with one attached hydrogen (secondary N) is 2. The monoisotopic (exact) mass is 384 g/mol. The number of anilines is 2. The lowest BCUT2D eigenvalue weighted by Gasteiger charge is -2.08. The second-order valence-electron chi connectivity index (χ2n) is 5.96. The fourth-order valence-corrected chi connectivity index (χ4v) is 3.18. The highest BCUT2D eigenvalue weighted by atomic mass is 32.2. The van der Waals surface area contributed by atoms with Gasteiger partial charge < -0.3 is 5.32 Å². The number of fused-ring (bicyclic) bond motifs is 1. The maximum Gasteiger partial charge on any atom is 0.248 e. The van der Waals surface area contributed by atoms with Gasteiger partial charge in [-0.1, -0.05) is 42.5 Å². The van der Waals surface area contributed by atoms with Gasteiger partial charge in [0.2, 0.25) is 15.9 Å². The number of amides is 1. The summed E-state index contributed by atoms with van der Waals surface area (Å²) in [5, 5.41) is 4.67. The molecule has 3 aromatic carbocycles. The van der Waals surface area contributed by atoms with Gasteiger partial charge in [0.1, 0.15) is 5.82 Å². The smallest absolute Gasteiger partial charge is 0.248 e. The zero-order valence-electron chi connectivity index (χ0n) is 14.4. The van der Waals surface area contributed by atoms with Crippen molar-refractivity contribution in [1.29, 1.82) is 0 Å². The molecule has 0 aliphatic heterocycles. The van der Waals surface area contributed by atoms with Crippen LogP contribution in [0.3, 0.4) is 0 Å². The first-order valence-corrected chi connectivity index (χ1v) is 9.95. The van der Waals surface area contributed by atoms with Gasteiger partial charge in [-0.05, 0) is 40.6 Å². The summed E-state index contributed by atoms with van der Waals surface area (Å²) in [5.41, 5.74) is 0.935. The second kappa shape index (κ2) is 7.59. The molecule has 2 N–H and O–H groups in total. The van der Waals surface area contributed by atoms with Gasteiger partial charge in [0.25, 0.3) is 0 Å². The molecule has 0 fully saturated rings. The van der Waals surface area contributed by atoms with E-state index in [1.54, 1.807) is 6.08 Å². The molecule has 27 heavy (non-hydrogen) atoms. The highest BCUT2D eigenvalue weighted by Crippen LogP contribution is 2.21. The summed E-state index contributed by atoms with van der Waals surface area (Å²) in [6, 6.07) is 17.3. The van der Waals surface area contributed by atoms with Gasteiger partial charge in [-0.15, -0.1) is 0 Å². The summed E-state index contributed by atoms with van der Waals surface area (Å²) in [7, 11) is -3.63. The molecule has 1 amide bonds. The molecule has 0 aliphatic rings. The molecule has 0 saturated carbocycles. The van der Waals surface area contributed by atoms with E-state index in [4.69, 9.17) is 0 Å². The molecular formula is C20H17FN2O3S. The van der Waals surface area contributed by atoms with Gasteiger partial charge in [0.05, 0.1) is 11.9 Å². The third kappa shape index (κ3) is 4.92. The average molecular weight is 384 g/mol. The Morgan fingerprint density at radius 3 is 2.56 bits per heavy atom. The van der Waals surface area contributed by atoms with Crippen molar-refractivity contribution in [2.45, 2.75) is 0 Å². The molecule has 0 saturated heterocycles. The first kappa shape index (κ1) is 18.6. The molecule has 0 unspecified atom stereocenters. The molecular weight excluding hydrogens is 367 g/mol. The Balaban J connectivity index is 1.78. The number of benzene rings is 3. The minimum Gasteiger partial charge on any atom is -0.322 e. The van der Waals surface area contributed by atoms with Gasteiger partial charge in [-0.3, -0.25) is 9.52 Å². The van der Waals surface area contributed by atoms with Crippen LogP contribution in [-0.4, -0.2) is 20.6 Å². The van der Waals surface area contributed by atoms with Gasteiger partial charge >= 0.3 is 0 Å². The van der Waals surface area contributed by atoms with Crippen LogP contribution in [0.15, 0.2) is 66.7 Å². The molecule has 0 heterocycles.